The normalized spacial score (nSPS) is 21.4. The van der Waals surface area contributed by atoms with Gasteiger partial charge in [0.1, 0.15) is 12.4 Å². The van der Waals surface area contributed by atoms with Gasteiger partial charge in [-0.05, 0) is 13.2 Å². The number of nitrogens with one attached hydrogen (secondary N) is 1. The van der Waals surface area contributed by atoms with E-state index in [0.29, 0.717) is 17.0 Å². The molecule has 10 nitrogen and oxygen atoms in total. The molecule has 3 rings (SSSR count). The van der Waals surface area contributed by atoms with Crippen LogP contribution in [0.3, 0.4) is 0 Å². The maximum Gasteiger partial charge on any atom is 0.477 e. The van der Waals surface area contributed by atoms with Crippen LogP contribution in [0.1, 0.15) is 12.7 Å². The molecule has 13 heteroatoms. The summed E-state index contributed by atoms with van der Waals surface area (Å²) in [5, 5.41) is 7.32. The lowest BCUT2D eigenvalue weighted by Crippen LogP contribution is -2.45. The molecule has 0 aromatic carbocycles. The van der Waals surface area contributed by atoms with Crippen LogP contribution >= 0.6 is 0 Å². The summed E-state index contributed by atoms with van der Waals surface area (Å²) in [5.74, 6) is -1.63. The first kappa shape index (κ1) is 19.8. The van der Waals surface area contributed by atoms with Crippen molar-refractivity contribution in [3.8, 4) is 0 Å². The number of hydrogen-bond donors (Lipinski definition) is 1. The van der Waals surface area contributed by atoms with Crippen molar-refractivity contribution >= 4 is 31.5 Å². The molecule has 3 heterocycles. The summed E-state index contributed by atoms with van der Waals surface area (Å²) in [6.45, 7) is 1.12. The molecule has 2 aliphatic heterocycles. The second kappa shape index (κ2) is 7.96. The third kappa shape index (κ3) is 3.70. The van der Waals surface area contributed by atoms with Crippen LogP contribution < -0.4 is 0 Å². The minimum Gasteiger partial charge on any atom is -0.556 e. The summed E-state index contributed by atoms with van der Waals surface area (Å²) in [5.41, 5.74) is 0.396. The molecule has 1 aromatic rings. The highest BCUT2D eigenvalue weighted by molar-refractivity contribution is 6.29. The van der Waals surface area contributed by atoms with Gasteiger partial charge in [0, 0.05) is 11.6 Å². The number of hydroxylamine groups is 2. The van der Waals surface area contributed by atoms with Crippen LogP contribution in [-0.4, -0.2) is 72.2 Å². The topological polar surface area (TPSA) is 118 Å². The lowest BCUT2D eigenvalue weighted by atomic mass is 9.85. The van der Waals surface area contributed by atoms with Crippen LogP contribution in [0.25, 0.3) is 5.57 Å². The number of carbonyl (C=O) groups is 2. The highest BCUT2D eigenvalue weighted by Gasteiger charge is 2.54. The van der Waals surface area contributed by atoms with Gasteiger partial charge < -0.3 is 18.7 Å². The largest absolute Gasteiger partial charge is 0.556 e. The number of halogens is 2. The fourth-order valence-corrected chi connectivity index (χ4v) is 2.99. The maximum atomic E-state index is 14.1. The number of alkyl halides is 2. The average molecular weight is 397 g/mol. The summed E-state index contributed by atoms with van der Waals surface area (Å²) < 4.78 is 42.5. The Bertz CT molecular complexity index is 775. The Morgan fingerprint density at radius 1 is 1.57 bits per heavy atom. The van der Waals surface area contributed by atoms with Gasteiger partial charge in [0.2, 0.25) is 0 Å². The second-order valence-corrected chi connectivity index (χ2v) is 5.82. The van der Waals surface area contributed by atoms with Gasteiger partial charge in [0.25, 0.3) is 0 Å². The first-order valence-corrected chi connectivity index (χ1v) is 8.29. The Morgan fingerprint density at radius 2 is 2.36 bits per heavy atom. The van der Waals surface area contributed by atoms with Crippen LogP contribution in [0, 0.1) is 5.41 Å². The molecule has 2 bridgehead atoms. The van der Waals surface area contributed by atoms with E-state index in [1.165, 1.54) is 25.5 Å². The minimum atomic E-state index is -4.35. The number of oxazole rings is 1. The molecule has 2 aliphatic rings. The van der Waals surface area contributed by atoms with Crippen LogP contribution in [0.15, 0.2) is 23.1 Å². The number of fused-ring (bicyclic) bond motifs is 2. The number of esters is 1. The molecule has 0 aliphatic carbocycles. The van der Waals surface area contributed by atoms with Gasteiger partial charge in [0.15, 0.2) is 12.2 Å². The van der Waals surface area contributed by atoms with Crippen LogP contribution in [0.5, 0.6) is 0 Å². The van der Waals surface area contributed by atoms with Gasteiger partial charge in [-0.3, -0.25) is 5.41 Å². The molecule has 1 unspecified atom stereocenters. The Labute approximate surface area is 158 Å². The van der Waals surface area contributed by atoms with Gasteiger partial charge in [-0.25, -0.2) is 14.6 Å². The van der Waals surface area contributed by atoms with E-state index in [2.05, 4.69) is 14.6 Å². The first-order chi connectivity index (χ1) is 13.4. The molecule has 28 heavy (non-hydrogen) atoms. The molecular weight excluding hydrogens is 381 g/mol. The van der Waals surface area contributed by atoms with Gasteiger partial charge in [-0.2, -0.15) is 18.7 Å². The summed E-state index contributed by atoms with van der Waals surface area (Å²) in [6.07, 6.45) is 0.739. The SMILES string of the molecule is CCOC(=O)C(F)(F)ON1C(=O)N2CC1C(c1cnco1)=C[C@H]2C[B]OC=N. The van der Waals surface area contributed by atoms with Gasteiger partial charge in [-0.15, -0.1) is 0 Å². The molecule has 1 radical (unpaired) electrons. The zero-order valence-corrected chi connectivity index (χ0v) is 14.7. The minimum absolute atomic E-state index is 0.0212. The van der Waals surface area contributed by atoms with E-state index in [1.807, 2.05) is 0 Å². The number of carbonyl (C=O) groups excluding carboxylic acids is 2. The fourth-order valence-electron chi connectivity index (χ4n) is 2.99. The number of rotatable bonds is 9. The fraction of sp³-hybridized carbons (Fsp3) is 0.467. The zero-order valence-electron chi connectivity index (χ0n) is 14.7. The molecular formula is C15H16BF2N4O6. The summed E-state index contributed by atoms with van der Waals surface area (Å²) >= 11 is 0. The predicted molar refractivity (Wildman–Crippen MR) is 89.1 cm³/mol. The highest BCUT2D eigenvalue weighted by Crippen LogP contribution is 2.38. The maximum absolute atomic E-state index is 14.1. The van der Waals surface area contributed by atoms with E-state index in [-0.39, 0.29) is 25.2 Å². The van der Waals surface area contributed by atoms with E-state index >= 15 is 0 Å². The van der Waals surface area contributed by atoms with E-state index in [0.717, 1.165) is 6.39 Å². The number of hydrogen-bond acceptors (Lipinski definition) is 8. The molecule has 1 N–H and O–H groups in total. The third-order valence-corrected chi connectivity index (χ3v) is 4.16. The van der Waals surface area contributed by atoms with Gasteiger partial charge in [0.05, 0.1) is 19.3 Å². The molecule has 1 saturated heterocycles. The molecule has 2 atom stereocenters. The van der Waals surface area contributed by atoms with Crippen LogP contribution in [0.4, 0.5) is 13.6 Å². The van der Waals surface area contributed by atoms with E-state index in [4.69, 9.17) is 14.5 Å². The Kier molecular flexibility index (Phi) is 5.63. The average Bonchev–Trinajstić information content (AvgIpc) is 3.28. The van der Waals surface area contributed by atoms with Crippen molar-refractivity contribution in [3.05, 3.63) is 24.4 Å². The van der Waals surface area contributed by atoms with Gasteiger partial charge in [-0.1, -0.05) is 6.08 Å². The summed E-state index contributed by atoms with van der Waals surface area (Å²) in [4.78, 5) is 33.7. The smallest absolute Gasteiger partial charge is 0.477 e. The van der Waals surface area contributed by atoms with Crippen LogP contribution in [0.2, 0.25) is 6.32 Å². The van der Waals surface area contributed by atoms with Crippen molar-refractivity contribution in [1.82, 2.24) is 14.9 Å². The van der Waals surface area contributed by atoms with Crippen LogP contribution in [-0.2, 0) is 19.0 Å². The van der Waals surface area contributed by atoms with Crippen molar-refractivity contribution in [3.63, 3.8) is 0 Å². The molecule has 0 spiro atoms. The van der Waals surface area contributed by atoms with Crippen molar-refractivity contribution in [2.75, 3.05) is 13.2 Å². The van der Waals surface area contributed by atoms with E-state index in [1.54, 1.807) is 6.08 Å². The van der Waals surface area contributed by atoms with Gasteiger partial charge >= 0.3 is 25.6 Å². The number of amides is 2. The monoisotopic (exact) mass is 397 g/mol. The lowest BCUT2D eigenvalue weighted by molar-refractivity contribution is -0.325. The Morgan fingerprint density at radius 3 is 3.00 bits per heavy atom. The predicted octanol–water partition coefficient (Wildman–Crippen LogP) is 1.30. The van der Waals surface area contributed by atoms with Crippen molar-refractivity contribution < 1.29 is 37.0 Å². The zero-order chi connectivity index (χ0) is 20.3. The molecule has 1 fully saturated rings. The number of aromatic nitrogens is 1. The first-order valence-electron chi connectivity index (χ1n) is 8.29. The van der Waals surface area contributed by atoms with E-state index < -0.39 is 30.2 Å². The second-order valence-electron chi connectivity index (χ2n) is 5.82. The number of ether oxygens (including phenoxy) is 1. The lowest BCUT2D eigenvalue weighted by Gasteiger charge is -2.28. The highest BCUT2D eigenvalue weighted by atomic mass is 19.3. The molecule has 1 aromatic heterocycles. The molecule has 149 valence electrons. The quantitative estimate of drug-likeness (QED) is 0.219. The van der Waals surface area contributed by atoms with Crippen molar-refractivity contribution in [1.29, 1.82) is 5.41 Å². The van der Waals surface area contributed by atoms with Crippen molar-refractivity contribution in [2.45, 2.75) is 31.4 Å². The standard InChI is InChI=1S/C15H16BF2N4O6/c1-2-25-13(23)15(17,18)28-22-11-6-21(14(22)24)9(4-16-27-7-19)3-10(11)12-5-20-8-26-12/h3,5,7-9,11,19H,2,4,6H2,1H3/t9-,11?/m0/s1. The van der Waals surface area contributed by atoms with E-state index in [9.17, 15) is 18.4 Å². The summed E-state index contributed by atoms with van der Waals surface area (Å²) in [6, 6.07) is -2.36. The Hall–Kier alpha value is -2.96. The molecule has 0 saturated carbocycles. The Balaban J connectivity index is 1.87. The summed E-state index contributed by atoms with van der Waals surface area (Å²) in [7, 11) is 1.30. The number of nitrogens with zero attached hydrogens (tertiary/aromatic N) is 3. The third-order valence-electron chi connectivity index (χ3n) is 4.16. The molecule has 2 amide bonds. The van der Waals surface area contributed by atoms with Crippen molar-refractivity contribution in [2.24, 2.45) is 0 Å². The number of urea groups is 1.